The number of fused-ring (bicyclic) bond motifs is 2. The van der Waals surface area contributed by atoms with E-state index >= 15 is 4.39 Å². The van der Waals surface area contributed by atoms with Crippen LogP contribution in [0.3, 0.4) is 0 Å². The van der Waals surface area contributed by atoms with Crippen molar-refractivity contribution < 1.29 is 23.5 Å². The van der Waals surface area contributed by atoms with Crippen LogP contribution in [0.5, 0.6) is 0 Å². The van der Waals surface area contributed by atoms with Gasteiger partial charge in [0.25, 0.3) is 0 Å². The fourth-order valence-electron chi connectivity index (χ4n) is 7.50. The molecule has 0 radical (unpaired) electrons. The van der Waals surface area contributed by atoms with Crippen LogP contribution < -0.4 is 21.7 Å². The number of esters is 1. The van der Waals surface area contributed by atoms with Gasteiger partial charge in [-0.1, -0.05) is 82.4 Å². The fourth-order valence-corrected chi connectivity index (χ4v) is 7.85. The Morgan fingerprint density at radius 2 is 1.85 bits per heavy atom. The monoisotopic (exact) mass is 674 g/mol. The zero-order valence-electron chi connectivity index (χ0n) is 27.1. The highest BCUT2D eigenvalue weighted by atomic mass is 35.5. The first-order valence-electron chi connectivity index (χ1n) is 16.2. The molecular formula is C35H45Cl2FN4O4. The first kappa shape index (κ1) is 34.6. The second-order valence-electron chi connectivity index (χ2n) is 14.4. The number of nitrogens with one attached hydrogen (secondary N) is 3. The minimum absolute atomic E-state index is 0.0237. The normalized spacial score (nSPS) is 28.8. The van der Waals surface area contributed by atoms with Crippen molar-refractivity contribution in [3.63, 3.8) is 0 Å². The van der Waals surface area contributed by atoms with Crippen LogP contribution >= 0.6 is 23.2 Å². The minimum atomic E-state index is -1.32. The van der Waals surface area contributed by atoms with E-state index in [1.165, 1.54) is 6.07 Å². The molecule has 2 heterocycles. The summed E-state index contributed by atoms with van der Waals surface area (Å²) in [4.78, 5) is 41.1. The second kappa shape index (κ2) is 13.4. The first-order chi connectivity index (χ1) is 21.7. The van der Waals surface area contributed by atoms with Gasteiger partial charge in [-0.3, -0.25) is 14.4 Å². The Hall–Kier alpha value is -2.72. The molecule has 2 fully saturated rings. The predicted octanol–water partition coefficient (Wildman–Crippen LogP) is 6.23. The van der Waals surface area contributed by atoms with E-state index in [0.29, 0.717) is 48.4 Å². The number of rotatable bonds is 8. The first-order valence-corrected chi connectivity index (χ1v) is 17.0. The quantitative estimate of drug-likeness (QED) is 0.246. The van der Waals surface area contributed by atoms with Gasteiger partial charge in [0.2, 0.25) is 11.8 Å². The SMILES string of the molecule is CC[C@H](C)[C@H](N)C(=O)O[C@H]1CC[C@H](NC(=O)[C@@H]2N[C@H](CC(C)(C)C)[C@]3(C(=O)Nc4cc(Cl)ccc43)[C@H]2c2cccc(Cl)c2F)CC1. The van der Waals surface area contributed by atoms with E-state index < -0.39 is 41.2 Å². The Morgan fingerprint density at radius 1 is 1.15 bits per heavy atom. The number of nitrogens with two attached hydrogens (primary N) is 1. The third-order valence-corrected chi connectivity index (χ3v) is 10.6. The van der Waals surface area contributed by atoms with Crippen LogP contribution in [0.1, 0.15) is 90.2 Å². The summed E-state index contributed by atoms with van der Waals surface area (Å²) in [6.07, 6.45) is 3.41. The van der Waals surface area contributed by atoms with Gasteiger partial charge in [0.15, 0.2) is 0 Å². The molecule has 0 bridgehead atoms. The van der Waals surface area contributed by atoms with Crippen molar-refractivity contribution in [2.24, 2.45) is 17.1 Å². The number of halogens is 3. The third kappa shape index (κ3) is 6.53. The molecule has 0 unspecified atom stereocenters. The van der Waals surface area contributed by atoms with Crippen molar-refractivity contribution in [3.8, 4) is 0 Å². The van der Waals surface area contributed by atoms with Crippen LogP contribution in [0.25, 0.3) is 0 Å². The van der Waals surface area contributed by atoms with Crippen LogP contribution in [0, 0.1) is 17.2 Å². The molecule has 1 spiro atoms. The highest BCUT2D eigenvalue weighted by molar-refractivity contribution is 6.31. The predicted molar refractivity (Wildman–Crippen MR) is 178 cm³/mol. The Kier molecular flexibility index (Phi) is 10.1. The summed E-state index contributed by atoms with van der Waals surface area (Å²) in [5.41, 5.74) is 5.92. The molecule has 46 heavy (non-hydrogen) atoms. The fraction of sp³-hybridized carbons (Fsp3) is 0.571. The Bertz CT molecular complexity index is 1490. The van der Waals surface area contributed by atoms with Crippen LogP contribution in [0.2, 0.25) is 10.0 Å². The average molecular weight is 676 g/mol. The van der Waals surface area contributed by atoms with Crippen molar-refractivity contribution >= 4 is 46.7 Å². The zero-order chi connectivity index (χ0) is 33.6. The highest BCUT2D eigenvalue weighted by Gasteiger charge is 2.66. The number of carbonyl (C=O) groups is 3. The molecule has 8 nitrogen and oxygen atoms in total. The van der Waals surface area contributed by atoms with Crippen molar-refractivity contribution in [2.75, 3.05) is 5.32 Å². The summed E-state index contributed by atoms with van der Waals surface area (Å²) in [5, 5.41) is 10.1. The number of benzene rings is 2. The maximum atomic E-state index is 16.0. The molecule has 5 rings (SSSR count). The molecule has 2 aromatic carbocycles. The summed E-state index contributed by atoms with van der Waals surface area (Å²) in [5.74, 6) is -2.58. The van der Waals surface area contributed by atoms with Gasteiger partial charge < -0.3 is 26.4 Å². The highest BCUT2D eigenvalue weighted by Crippen LogP contribution is 2.57. The van der Waals surface area contributed by atoms with Crippen LogP contribution in [-0.4, -0.2) is 48.1 Å². The van der Waals surface area contributed by atoms with Gasteiger partial charge in [0.1, 0.15) is 23.4 Å². The van der Waals surface area contributed by atoms with Crippen molar-refractivity contribution in [1.29, 1.82) is 0 Å². The van der Waals surface area contributed by atoms with Gasteiger partial charge in [-0.05, 0) is 72.8 Å². The number of ether oxygens (including phenoxy) is 1. The molecule has 1 saturated carbocycles. The van der Waals surface area contributed by atoms with Gasteiger partial charge in [-0.15, -0.1) is 0 Å². The van der Waals surface area contributed by atoms with E-state index in [9.17, 15) is 14.4 Å². The Morgan fingerprint density at radius 3 is 2.50 bits per heavy atom. The van der Waals surface area contributed by atoms with E-state index in [1.807, 2.05) is 13.8 Å². The van der Waals surface area contributed by atoms with E-state index in [1.54, 1.807) is 30.3 Å². The maximum absolute atomic E-state index is 16.0. The molecule has 1 aliphatic carbocycles. The number of hydrogen-bond donors (Lipinski definition) is 4. The molecule has 2 aromatic rings. The number of carbonyl (C=O) groups excluding carboxylic acids is 3. The smallest absolute Gasteiger partial charge is 0.323 e. The average Bonchev–Trinajstić information content (AvgIpc) is 3.47. The maximum Gasteiger partial charge on any atom is 0.323 e. The van der Waals surface area contributed by atoms with Crippen LogP contribution in [-0.2, 0) is 24.5 Å². The van der Waals surface area contributed by atoms with Crippen molar-refractivity contribution in [3.05, 3.63) is 63.4 Å². The lowest BCUT2D eigenvalue weighted by Crippen LogP contribution is -2.50. The molecular weight excluding hydrogens is 630 g/mol. The molecule has 5 N–H and O–H groups in total. The number of amides is 2. The lowest BCUT2D eigenvalue weighted by atomic mass is 9.62. The number of hydrogen-bond acceptors (Lipinski definition) is 6. The molecule has 3 aliphatic rings. The van der Waals surface area contributed by atoms with E-state index in [2.05, 4.69) is 36.7 Å². The summed E-state index contributed by atoms with van der Waals surface area (Å²) in [7, 11) is 0. The lowest BCUT2D eigenvalue weighted by Gasteiger charge is -2.38. The molecule has 6 atom stereocenters. The molecule has 2 aliphatic heterocycles. The van der Waals surface area contributed by atoms with Gasteiger partial charge in [0, 0.05) is 28.7 Å². The molecule has 11 heteroatoms. The van der Waals surface area contributed by atoms with E-state index in [-0.39, 0.29) is 45.9 Å². The topological polar surface area (TPSA) is 123 Å². The minimum Gasteiger partial charge on any atom is -0.461 e. The third-order valence-electron chi connectivity index (χ3n) is 10.1. The van der Waals surface area contributed by atoms with E-state index in [4.69, 9.17) is 33.7 Å². The Labute approximate surface area is 280 Å². The van der Waals surface area contributed by atoms with Crippen LogP contribution in [0.15, 0.2) is 36.4 Å². The van der Waals surface area contributed by atoms with Gasteiger partial charge in [-0.25, -0.2) is 4.39 Å². The van der Waals surface area contributed by atoms with Crippen molar-refractivity contribution in [2.45, 2.75) is 115 Å². The van der Waals surface area contributed by atoms with Gasteiger partial charge in [-0.2, -0.15) is 0 Å². The molecule has 250 valence electrons. The molecule has 0 aromatic heterocycles. The largest absolute Gasteiger partial charge is 0.461 e. The molecule has 2 amide bonds. The van der Waals surface area contributed by atoms with Crippen LogP contribution in [0.4, 0.5) is 10.1 Å². The Balaban J connectivity index is 1.45. The van der Waals surface area contributed by atoms with E-state index in [0.717, 1.165) is 6.42 Å². The standard InChI is InChI=1S/C35H45Cl2FN4O4/c1-6-18(2)29(39)32(44)46-21-13-11-20(12-14-21)40-31(43)30-27(22-8-7-9-24(37)28(22)38)35(26(42-30)17-34(3,4)5)23-15-10-19(36)16-25(23)41-33(35)45/h7-10,15-16,18,20-21,26-27,29-30,42H,6,11-14,17,39H2,1-5H3,(H,40,43)(H,41,45)/t18-,20-,21-,26+,27-,29-,30+,35-/m0/s1. The number of anilines is 1. The summed E-state index contributed by atoms with van der Waals surface area (Å²) in [6, 6.07) is 7.62. The summed E-state index contributed by atoms with van der Waals surface area (Å²) < 4.78 is 21.7. The van der Waals surface area contributed by atoms with Crippen molar-refractivity contribution in [1.82, 2.24) is 10.6 Å². The molecule has 1 saturated heterocycles. The zero-order valence-corrected chi connectivity index (χ0v) is 28.6. The van der Waals surface area contributed by atoms with Gasteiger partial charge >= 0.3 is 5.97 Å². The summed E-state index contributed by atoms with van der Waals surface area (Å²) in [6.45, 7) is 10.1. The second-order valence-corrected chi connectivity index (χ2v) is 15.3. The summed E-state index contributed by atoms with van der Waals surface area (Å²) >= 11 is 12.6. The van der Waals surface area contributed by atoms with Gasteiger partial charge in [0.05, 0.1) is 11.1 Å². The lowest BCUT2D eigenvalue weighted by molar-refractivity contribution is -0.153.